The number of ether oxygens (including phenoxy) is 1. The van der Waals surface area contributed by atoms with Gasteiger partial charge in [0.2, 0.25) is 11.6 Å². The van der Waals surface area contributed by atoms with Crippen LogP contribution >= 0.6 is 15.9 Å². The van der Waals surface area contributed by atoms with E-state index >= 15 is 0 Å². The number of nitrogens with zero attached hydrogens (tertiary/aromatic N) is 3. The molecule has 0 saturated heterocycles. The van der Waals surface area contributed by atoms with E-state index in [-0.39, 0.29) is 17.3 Å². The molecule has 0 fully saturated rings. The summed E-state index contributed by atoms with van der Waals surface area (Å²) >= 11 is 3.29. The smallest absolute Gasteiger partial charge is 0.311 e. The third-order valence-corrected chi connectivity index (χ3v) is 3.23. The Morgan fingerprint density at radius 1 is 1.40 bits per heavy atom. The molecule has 0 aliphatic rings. The number of aromatic nitrogens is 2. The van der Waals surface area contributed by atoms with Crippen LogP contribution in [0, 0.1) is 17.0 Å². The average molecular weight is 339 g/mol. The van der Waals surface area contributed by atoms with Gasteiger partial charge in [-0.15, -0.1) is 0 Å². The molecule has 7 nitrogen and oxygen atoms in total. The maximum atomic E-state index is 11.0. The molecule has 0 atom stereocenters. The van der Waals surface area contributed by atoms with Crippen LogP contribution in [-0.4, -0.2) is 21.9 Å². The predicted octanol–water partition coefficient (Wildman–Crippen LogP) is 3.29. The maximum absolute atomic E-state index is 11.0. The quantitative estimate of drug-likeness (QED) is 0.679. The van der Waals surface area contributed by atoms with Crippen molar-refractivity contribution in [2.24, 2.45) is 0 Å². The Hall–Kier alpha value is -2.22. The normalized spacial score (nSPS) is 10.2. The Labute approximate surface area is 123 Å². The van der Waals surface area contributed by atoms with E-state index in [0.29, 0.717) is 10.3 Å². The van der Waals surface area contributed by atoms with E-state index in [2.05, 4.69) is 31.2 Å². The molecular formula is C12H11BrN4O3. The van der Waals surface area contributed by atoms with E-state index in [0.717, 1.165) is 5.56 Å². The molecule has 0 unspecified atom stereocenters. The van der Waals surface area contributed by atoms with Crippen molar-refractivity contribution in [2.45, 2.75) is 6.92 Å². The van der Waals surface area contributed by atoms with Gasteiger partial charge in [0, 0.05) is 13.1 Å². The van der Waals surface area contributed by atoms with Gasteiger partial charge in [0.05, 0.1) is 4.92 Å². The van der Waals surface area contributed by atoms with Crippen molar-refractivity contribution in [3.8, 4) is 11.6 Å². The summed E-state index contributed by atoms with van der Waals surface area (Å²) < 4.78 is 6.02. The standard InChI is InChI=1S/C12H11BrN4O3/c1-7-3-4-9(8(5-7)17(18)19)20-12-10(13)11(14-2)15-6-16-12/h3-6H,1-2H3,(H,14,15,16). The lowest BCUT2D eigenvalue weighted by Gasteiger charge is -2.09. The topological polar surface area (TPSA) is 90.2 Å². The summed E-state index contributed by atoms with van der Waals surface area (Å²) in [6, 6.07) is 4.72. The fourth-order valence-electron chi connectivity index (χ4n) is 1.56. The van der Waals surface area contributed by atoms with E-state index < -0.39 is 4.92 Å². The molecular weight excluding hydrogens is 328 g/mol. The van der Waals surface area contributed by atoms with E-state index in [1.165, 1.54) is 12.4 Å². The van der Waals surface area contributed by atoms with E-state index in [1.54, 1.807) is 26.1 Å². The molecule has 2 rings (SSSR count). The SMILES string of the molecule is CNc1ncnc(Oc2ccc(C)cc2[N+](=O)[O-])c1Br. The zero-order valence-electron chi connectivity index (χ0n) is 10.8. The lowest BCUT2D eigenvalue weighted by molar-refractivity contribution is -0.385. The monoisotopic (exact) mass is 338 g/mol. The Bertz CT molecular complexity index is 663. The second-order valence-corrected chi connectivity index (χ2v) is 4.71. The second-order valence-electron chi connectivity index (χ2n) is 3.92. The molecule has 0 saturated carbocycles. The molecule has 1 heterocycles. The number of nitrogens with one attached hydrogen (secondary N) is 1. The van der Waals surface area contributed by atoms with Crippen LogP contribution in [0.4, 0.5) is 11.5 Å². The van der Waals surface area contributed by atoms with Crippen LogP contribution in [0.1, 0.15) is 5.56 Å². The summed E-state index contributed by atoms with van der Waals surface area (Å²) in [5.41, 5.74) is 0.670. The van der Waals surface area contributed by atoms with Crippen molar-refractivity contribution in [3.63, 3.8) is 0 Å². The van der Waals surface area contributed by atoms with Gasteiger partial charge in [-0.3, -0.25) is 10.1 Å². The zero-order valence-corrected chi connectivity index (χ0v) is 12.3. The summed E-state index contributed by atoms with van der Waals surface area (Å²) in [5, 5.41) is 13.9. The van der Waals surface area contributed by atoms with Crippen molar-refractivity contribution < 1.29 is 9.66 Å². The summed E-state index contributed by atoms with van der Waals surface area (Å²) in [7, 11) is 1.70. The molecule has 1 aromatic carbocycles. The van der Waals surface area contributed by atoms with Gasteiger partial charge < -0.3 is 10.1 Å². The Balaban J connectivity index is 2.42. The maximum Gasteiger partial charge on any atom is 0.311 e. The highest BCUT2D eigenvalue weighted by molar-refractivity contribution is 9.10. The molecule has 0 aliphatic carbocycles. The Morgan fingerprint density at radius 2 is 2.15 bits per heavy atom. The fourth-order valence-corrected chi connectivity index (χ4v) is 2.04. The number of aryl methyl sites for hydroxylation is 1. The highest BCUT2D eigenvalue weighted by Gasteiger charge is 2.18. The van der Waals surface area contributed by atoms with Gasteiger partial charge in [-0.2, -0.15) is 0 Å². The first-order valence-corrected chi connectivity index (χ1v) is 6.43. The first-order chi connectivity index (χ1) is 9.52. The molecule has 0 radical (unpaired) electrons. The van der Waals surface area contributed by atoms with Crippen LogP contribution in [0.15, 0.2) is 29.0 Å². The first kappa shape index (κ1) is 14.2. The number of benzene rings is 1. The average Bonchev–Trinajstić information content (AvgIpc) is 2.42. The number of halogens is 1. The molecule has 8 heteroatoms. The fraction of sp³-hybridized carbons (Fsp3) is 0.167. The third-order valence-electron chi connectivity index (χ3n) is 2.51. The molecule has 0 amide bonds. The molecule has 0 aliphatic heterocycles. The number of hydrogen-bond acceptors (Lipinski definition) is 6. The minimum atomic E-state index is -0.490. The van der Waals surface area contributed by atoms with Crippen LogP contribution < -0.4 is 10.1 Å². The van der Waals surface area contributed by atoms with Gasteiger partial charge in [-0.05, 0) is 34.5 Å². The first-order valence-electron chi connectivity index (χ1n) is 5.64. The molecule has 0 spiro atoms. The lowest BCUT2D eigenvalue weighted by atomic mass is 10.2. The van der Waals surface area contributed by atoms with Crippen LogP contribution in [0.2, 0.25) is 0 Å². The van der Waals surface area contributed by atoms with Gasteiger partial charge in [-0.1, -0.05) is 6.07 Å². The number of nitro benzene ring substituents is 1. The number of nitro groups is 1. The van der Waals surface area contributed by atoms with Gasteiger partial charge in [-0.25, -0.2) is 9.97 Å². The van der Waals surface area contributed by atoms with Gasteiger partial charge >= 0.3 is 5.69 Å². The minimum Gasteiger partial charge on any atom is -0.430 e. The largest absolute Gasteiger partial charge is 0.430 e. The van der Waals surface area contributed by atoms with Crippen molar-refractivity contribution in [3.05, 3.63) is 44.7 Å². The molecule has 20 heavy (non-hydrogen) atoms. The zero-order chi connectivity index (χ0) is 14.7. The van der Waals surface area contributed by atoms with Crippen molar-refractivity contribution >= 4 is 27.4 Å². The minimum absolute atomic E-state index is 0.110. The summed E-state index contributed by atoms with van der Waals surface area (Å²) in [6.07, 6.45) is 1.31. The van der Waals surface area contributed by atoms with Gasteiger partial charge in [0.1, 0.15) is 16.6 Å². The van der Waals surface area contributed by atoms with Gasteiger partial charge in [0.25, 0.3) is 0 Å². The third kappa shape index (κ3) is 2.85. The van der Waals surface area contributed by atoms with E-state index in [4.69, 9.17) is 4.74 Å². The molecule has 1 N–H and O–H groups in total. The van der Waals surface area contributed by atoms with Crippen molar-refractivity contribution in [1.82, 2.24) is 9.97 Å². The predicted molar refractivity (Wildman–Crippen MR) is 77.2 cm³/mol. The van der Waals surface area contributed by atoms with E-state index in [1.807, 2.05) is 0 Å². The highest BCUT2D eigenvalue weighted by Crippen LogP contribution is 2.36. The molecule has 0 bridgehead atoms. The molecule has 2 aromatic rings. The molecule has 1 aromatic heterocycles. The summed E-state index contributed by atoms with van der Waals surface area (Å²) in [4.78, 5) is 18.5. The summed E-state index contributed by atoms with van der Waals surface area (Å²) in [5.74, 6) is 0.864. The van der Waals surface area contributed by atoms with Crippen LogP contribution in [0.3, 0.4) is 0 Å². The summed E-state index contributed by atoms with van der Waals surface area (Å²) in [6.45, 7) is 1.77. The number of rotatable bonds is 4. The van der Waals surface area contributed by atoms with Gasteiger partial charge in [0.15, 0.2) is 0 Å². The Kier molecular flexibility index (Phi) is 4.14. The van der Waals surface area contributed by atoms with Crippen molar-refractivity contribution in [2.75, 3.05) is 12.4 Å². The number of anilines is 1. The lowest BCUT2D eigenvalue weighted by Crippen LogP contribution is -1.99. The van der Waals surface area contributed by atoms with Crippen molar-refractivity contribution in [1.29, 1.82) is 0 Å². The molecule has 104 valence electrons. The second kappa shape index (κ2) is 5.83. The van der Waals surface area contributed by atoms with Crippen LogP contribution in [-0.2, 0) is 0 Å². The van der Waals surface area contributed by atoms with E-state index in [9.17, 15) is 10.1 Å². The van der Waals surface area contributed by atoms with Crippen LogP contribution in [0.5, 0.6) is 11.6 Å². The van der Waals surface area contributed by atoms with Crippen LogP contribution in [0.25, 0.3) is 0 Å². The number of hydrogen-bond donors (Lipinski definition) is 1. The highest BCUT2D eigenvalue weighted by atomic mass is 79.9. The Morgan fingerprint density at radius 3 is 2.80 bits per heavy atom.